The van der Waals surface area contributed by atoms with Crippen molar-refractivity contribution in [2.24, 2.45) is 0 Å². The van der Waals surface area contributed by atoms with E-state index in [2.05, 4.69) is 15.9 Å². The van der Waals surface area contributed by atoms with Gasteiger partial charge in [-0.25, -0.2) is 0 Å². The predicted octanol–water partition coefficient (Wildman–Crippen LogP) is 2.38. The first-order chi connectivity index (χ1) is 5.25. The minimum Gasteiger partial charge on any atom is -0.500 e. The molecule has 1 aliphatic rings. The Morgan fingerprint density at radius 3 is 2.64 bits per heavy atom. The molecule has 3 heteroatoms. The van der Waals surface area contributed by atoms with Gasteiger partial charge in [0, 0.05) is 12.8 Å². The first-order valence-corrected chi connectivity index (χ1v) is 4.51. The SMILES string of the molecule is COC1=C(Br)C(=O)CCCC1. The van der Waals surface area contributed by atoms with Crippen LogP contribution in [0.4, 0.5) is 0 Å². The average Bonchev–Trinajstić information content (AvgIpc) is 2.16. The van der Waals surface area contributed by atoms with E-state index >= 15 is 0 Å². The van der Waals surface area contributed by atoms with Crippen molar-refractivity contribution in [3.8, 4) is 0 Å². The first kappa shape index (κ1) is 8.78. The lowest BCUT2D eigenvalue weighted by atomic mass is 10.2. The van der Waals surface area contributed by atoms with Crippen LogP contribution in [0.15, 0.2) is 10.2 Å². The quantitative estimate of drug-likeness (QED) is 0.676. The van der Waals surface area contributed by atoms with Crippen LogP contribution in [0.5, 0.6) is 0 Å². The molecule has 0 aromatic heterocycles. The first-order valence-electron chi connectivity index (χ1n) is 3.71. The van der Waals surface area contributed by atoms with Crippen LogP contribution in [0.2, 0.25) is 0 Å². The molecule has 0 radical (unpaired) electrons. The van der Waals surface area contributed by atoms with Gasteiger partial charge in [-0.3, -0.25) is 4.79 Å². The highest BCUT2D eigenvalue weighted by molar-refractivity contribution is 9.12. The Morgan fingerprint density at radius 1 is 1.36 bits per heavy atom. The fraction of sp³-hybridized carbons (Fsp3) is 0.625. The minimum absolute atomic E-state index is 0.166. The van der Waals surface area contributed by atoms with E-state index < -0.39 is 0 Å². The van der Waals surface area contributed by atoms with Crippen LogP contribution in [-0.4, -0.2) is 12.9 Å². The summed E-state index contributed by atoms with van der Waals surface area (Å²) in [5.41, 5.74) is 0. The smallest absolute Gasteiger partial charge is 0.173 e. The molecular weight excluding hydrogens is 208 g/mol. The van der Waals surface area contributed by atoms with Gasteiger partial charge in [0.2, 0.25) is 0 Å². The van der Waals surface area contributed by atoms with Crippen LogP contribution >= 0.6 is 15.9 Å². The molecule has 2 nitrogen and oxygen atoms in total. The number of ketones is 1. The van der Waals surface area contributed by atoms with Gasteiger partial charge in [0.05, 0.1) is 11.6 Å². The summed E-state index contributed by atoms with van der Waals surface area (Å²) in [6.45, 7) is 0. The topological polar surface area (TPSA) is 26.3 Å². The Hall–Kier alpha value is -0.310. The van der Waals surface area contributed by atoms with E-state index in [1.807, 2.05) is 0 Å². The monoisotopic (exact) mass is 218 g/mol. The van der Waals surface area contributed by atoms with E-state index in [4.69, 9.17) is 4.74 Å². The van der Waals surface area contributed by atoms with Crippen molar-refractivity contribution in [3.05, 3.63) is 10.2 Å². The van der Waals surface area contributed by atoms with Crippen LogP contribution < -0.4 is 0 Å². The molecule has 11 heavy (non-hydrogen) atoms. The van der Waals surface area contributed by atoms with E-state index in [1.54, 1.807) is 7.11 Å². The predicted molar refractivity (Wildman–Crippen MR) is 46.4 cm³/mol. The highest BCUT2D eigenvalue weighted by Crippen LogP contribution is 2.25. The van der Waals surface area contributed by atoms with Crippen LogP contribution in [0.3, 0.4) is 0 Å². The normalized spacial score (nSPS) is 20.0. The number of hydrogen-bond acceptors (Lipinski definition) is 2. The zero-order valence-electron chi connectivity index (χ0n) is 6.52. The summed E-state index contributed by atoms with van der Waals surface area (Å²) in [5, 5.41) is 0. The van der Waals surface area contributed by atoms with Crippen molar-refractivity contribution in [1.82, 2.24) is 0 Å². The summed E-state index contributed by atoms with van der Waals surface area (Å²) in [7, 11) is 1.61. The van der Waals surface area contributed by atoms with Gasteiger partial charge < -0.3 is 4.74 Å². The Morgan fingerprint density at radius 2 is 2.00 bits per heavy atom. The lowest BCUT2D eigenvalue weighted by Crippen LogP contribution is -1.97. The van der Waals surface area contributed by atoms with E-state index in [1.165, 1.54) is 0 Å². The number of carbonyl (C=O) groups excluding carboxylic acids is 1. The van der Waals surface area contributed by atoms with Crippen molar-refractivity contribution >= 4 is 21.7 Å². The molecule has 0 fully saturated rings. The highest BCUT2D eigenvalue weighted by Gasteiger charge is 2.16. The molecule has 62 valence electrons. The van der Waals surface area contributed by atoms with Gasteiger partial charge in [0.1, 0.15) is 5.76 Å². The zero-order valence-corrected chi connectivity index (χ0v) is 8.11. The molecule has 0 unspecified atom stereocenters. The molecule has 1 aliphatic carbocycles. The maximum absolute atomic E-state index is 11.2. The van der Waals surface area contributed by atoms with Gasteiger partial charge in [0.25, 0.3) is 0 Å². The fourth-order valence-corrected chi connectivity index (χ4v) is 1.70. The highest BCUT2D eigenvalue weighted by atomic mass is 79.9. The van der Waals surface area contributed by atoms with E-state index in [-0.39, 0.29) is 5.78 Å². The molecule has 0 amide bonds. The standard InChI is InChI=1S/C8H11BrO2/c1-11-7-5-3-2-4-6(10)8(7)9/h2-5H2,1H3. The number of Topliss-reactive ketones (excluding diaryl/α,β-unsaturated/α-hetero) is 1. The summed E-state index contributed by atoms with van der Waals surface area (Å²) in [6, 6.07) is 0. The van der Waals surface area contributed by atoms with Gasteiger partial charge in [-0.15, -0.1) is 0 Å². The Bertz CT molecular complexity index is 196. The van der Waals surface area contributed by atoms with Crippen molar-refractivity contribution < 1.29 is 9.53 Å². The van der Waals surface area contributed by atoms with Gasteiger partial charge in [0.15, 0.2) is 5.78 Å². The van der Waals surface area contributed by atoms with Gasteiger partial charge in [-0.2, -0.15) is 0 Å². The molecule has 0 N–H and O–H groups in total. The second-order valence-electron chi connectivity index (χ2n) is 2.57. The number of allylic oxidation sites excluding steroid dienone is 2. The largest absolute Gasteiger partial charge is 0.500 e. The summed E-state index contributed by atoms with van der Waals surface area (Å²) in [5.74, 6) is 0.965. The van der Waals surface area contributed by atoms with Gasteiger partial charge in [-0.1, -0.05) is 0 Å². The summed E-state index contributed by atoms with van der Waals surface area (Å²) in [6.07, 6.45) is 3.54. The van der Waals surface area contributed by atoms with Crippen LogP contribution in [-0.2, 0) is 9.53 Å². The number of hydrogen-bond donors (Lipinski definition) is 0. The van der Waals surface area contributed by atoms with E-state index in [0.29, 0.717) is 10.9 Å². The fourth-order valence-electron chi connectivity index (χ4n) is 1.14. The second-order valence-corrected chi connectivity index (χ2v) is 3.36. The minimum atomic E-state index is 0.166. The zero-order chi connectivity index (χ0) is 8.27. The lowest BCUT2D eigenvalue weighted by molar-refractivity contribution is -0.115. The average molecular weight is 219 g/mol. The number of methoxy groups -OCH3 is 1. The summed E-state index contributed by atoms with van der Waals surface area (Å²) in [4.78, 5) is 11.2. The maximum Gasteiger partial charge on any atom is 0.173 e. The Kier molecular flexibility index (Phi) is 3.12. The van der Waals surface area contributed by atoms with Crippen molar-refractivity contribution in [2.75, 3.05) is 7.11 Å². The molecule has 0 bridgehead atoms. The molecule has 0 spiro atoms. The Balaban J connectivity index is 2.81. The maximum atomic E-state index is 11.2. The van der Waals surface area contributed by atoms with Crippen LogP contribution in [0, 0.1) is 0 Å². The number of carbonyl (C=O) groups is 1. The summed E-state index contributed by atoms with van der Waals surface area (Å²) >= 11 is 3.24. The molecule has 0 atom stereocenters. The van der Waals surface area contributed by atoms with Crippen LogP contribution in [0.1, 0.15) is 25.7 Å². The molecular formula is C8H11BrO2. The molecule has 0 saturated carbocycles. The molecule has 0 aromatic carbocycles. The number of ether oxygens (including phenoxy) is 1. The number of halogens is 1. The van der Waals surface area contributed by atoms with E-state index in [0.717, 1.165) is 25.0 Å². The van der Waals surface area contributed by atoms with E-state index in [9.17, 15) is 4.79 Å². The van der Waals surface area contributed by atoms with Gasteiger partial charge in [-0.05, 0) is 28.8 Å². The third-order valence-electron chi connectivity index (χ3n) is 1.79. The van der Waals surface area contributed by atoms with Crippen LogP contribution in [0.25, 0.3) is 0 Å². The van der Waals surface area contributed by atoms with Gasteiger partial charge >= 0.3 is 0 Å². The lowest BCUT2D eigenvalue weighted by Gasteiger charge is -2.03. The molecule has 0 saturated heterocycles. The van der Waals surface area contributed by atoms with Crippen molar-refractivity contribution in [1.29, 1.82) is 0 Å². The van der Waals surface area contributed by atoms with Crippen molar-refractivity contribution in [2.45, 2.75) is 25.7 Å². The third kappa shape index (κ3) is 2.06. The molecule has 0 heterocycles. The number of rotatable bonds is 1. The summed E-state index contributed by atoms with van der Waals surface area (Å²) < 4.78 is 5.70. The second kappa shape index (κ2) is 3.90. The third-order valence-corrected chi connectivity index (χ3v) is 2.68. The molecule has 1 rings (SSSR count). The Labute approximate surface area is 74.7 Å². The van der Waals surface area contributed by atoms with Crippen molar-refractivity contribution in [3.63, 3.8) is 0 Å². The molecule has 0 aromatic rings. The molecule has 0 aliphatic heterocycles.